The van der Waals surface area contributed by atoms with E-state index in [4.69, 9.17) is 11.6 Å². The fourth-order valence-corrected chi connectivity index (χ4v) is 2.07. The maximum Gasteiger partial charge on any atom is 0.193 e. The lowest BCUT2D eigenvalue weighted by molar-refractivity contribution is 0.105. The van der Waals surface area contributed by atoms with E-state index in [1.165, 1.54) is 0 Å². The molecule has 0 amide bonds. The summed E-state index contributed by atoms with van der Waals surface area (Å²) in [7, 11) is 0. The van der Waals surface area contributed by atoms with Gasteiger partial charge in [0.2, 0.25) is 0 Å². The van der Waals surface area contributed by atoms with Gasteiger partial charge < -0.3 is 0 Å². The summed E-state index contributed by atoms with van der Waals surface area (Å²) >= 11 is 6.08. The molecular weight excluding hydrogens is 244 g/mol. The van der Waals surface area contributed by atoms with Crippen LogP contribution in [0.2, 0.25) is 5.02 Å². The largest absolute Gasteiger partial charge is 0.289 e. The number of carbonyl (C=O) groups excluding carboxylic acids is 1. The molecule has 18 heavy (non-hydrogen) atoms. The van der Waals surface area contributed by atoms with Crippen LogP contribution in [-0.4, -0.2) is 5.78 Å². The predicted molar refractivity (Wildman–Crippen MR) is 76.0 cm³/mol. The number of halogens is 1. The van der Waals surface area contributed by atoms with Crippen LogP contribution in [0.15, 0.2) is 55.1 Å². The molecule has 1 nitrogen and oxygen atoms in total. The molecule has 0 saturated carbocycles. The second-order valence-electron chi connectivity index (χ2n) is 4.10. The van der Waals surface area contributed by atoms with Gasteiger partial charge in [0.15, 0.2) is 5.78 Å². The zero-order valence-electron chi connectivity index (χ0n) is 10.1. The van der Waals surface area contributed by atoms with Gasteiger partial charge in [-0.05, 0) is 18.6 Å². The van der Waals surface area contributed by atoms with E-state index in [1.807, 2.05) is 37.3 Å². The average Bonchev–Trinajstić information content (AvgIpc) is 2.38. The Morgan fingerprint density at radius 1 is 1.00 bits per heavy atom. The lowest BCUT2D eigenvalue weighted by Crippen LogP contribution is -2.04. The monoisotopic (exact) mass is 256 g/mol. The van der Waals surface area contributed by atoms with Crippen molar-refractivity contribution < 1.29 is 4.79 Å². The first-order valence-corrected chi connectivity index (χ1v) is 6.03. The highest BCUT2D eigenvalue weighted by Crippen LogP contribution is 2.26. The molecule has 0 aliphatic rings. The molecule has 0 N–H and O–H groups in total. The molecule has 2 rings (SSSR count). The third-order valence-corrected chi connectivity index (χ3v) is 3.19. The quantitative estimate of drug-likeness (QED) is 0.582. The van der Waals surface area contributed by atoms with E-state index in [1.54, 1.807) is 18.2 Å². The van der Waals surface area contributed by atoms with Gasteiger partial charge >= 0.3 is 0 Å². The fraction of sp³-hybridized carbons (Fsp3) is 0.0625. The van der Waals surface area contributed by atoms with E-state index >= 15 is 0 Å². The van der Waals surface area contributed by atoms with E-state index in [9.17, 15) is 4.79 Å². The topological polar surface area (TPSA) is 17.1 Å². The number of allylic oxidation sites excluding steroid dienone is 1. The van der Waals surface area contributed by atoms with Gasteiger partial charge in [-0.1, -0.05) is 60.6 Å². The fourth-order valence-electron chi connectivity index (χ4n) is 1.82. The van der Waals surface area contributed by atoms with Crippen LogP contribution in [0.25, 0.3) is 5.57 Å². The molecule has 0 spiro atoms. The van der Waals surface area contributed by atoms with Gasteiger partial charge in [0.25, 0.3) is 0 Å². The minimum atomic E-state index is -0.0822. The van der Waals surface area contributed by atoms with E-state index in [2.05, 4.69) is 6.58 Å². The minimum Gasteiger partial charge on any atom is -0.289 e. The molecule has 2 aromatic carbocycles. The van der Waals surface area contributed by atoms with Gasteiger partial charge in [0.1, 0.15) is 0 Å². The number of aryl methyl sites for hydroxylation is 1. The molecule has 0 saturated heterocycles. The molecule has 0 atom stereocenters. The zero-order chi connectivity index (χ0) is 13.1. The van der Waals surface area contributed by atoms with Crippen molar-refractivity contribution in [2.24, 2.45) is 0 Å². The highest BCUT2D eigenvalue weighted by Gasteiger charge is 2.15. The molecule has 0 fully saturated rings. The number of carbonyl (C=O) groups is 1. The standard InChI is InChI=1S/C16H13ClO/c1-11-7-3-4-8-13(11)16(18)12(2)14-9-5-6-10-15(14)17/h3-10H,2H2,1H3. The van der Waals surface area contributed by atoms with E-state index in [-0.39, 0.29) is 5.78 Å². The SMILES string of the molecule is C=C(C(=O)c1ccccc1C)c1ccccc1Cl. The summed E-state index contributed by atoms with van der Waals surface area (Å²) in [6.07, 6.45) is 0. The number of ketones is 1. The molecule has 2 heteroatoms. The third-order valence-electron chi connectivity index (χ3n) is 2.86. The van der Waals surface area contributed by atoms with Crippen LogP contribution in [0.3, 0.4) is 0 Å². The second kappa shape index (κ2) is 5.19. The van der Waals surface area contributed by atoms with E-state index < -0.39 is 0 Å². The summed E-state index contributed by atoms with van der Waals surface area (Å²) in [4.78, 5) is 12.4. The molecule has 0 radical (unpaired) electrons. The number of benzene rings is 2. The van der Waals surface area contributed by atoms with Crippen LogP contribution in [0.4, 0.5) is 0 Å². The van der Waals surface area contributed by atoms with Crippen LogP contribution >= 0.6 is 11.6 Å². The Morgan fingerprint density at radius 3 is 2.17 bits per heavy atom. The van der Waals surface area contributed by atoms with Crippen LogP contribution in [-0.2, 0) is 0 Å². The second-order valence-corrected chi connectivity index (χ2v) is 4.51. The summed E-state index contributed by atoms with van der Waals surface area (Å²) in [5, 5.41) is 0.546. The highest BCUT2D eigenvalue weighted by atomic mass is 35.5. The van der Waals surface area contributed by atoms with Crippen LogP contribution in [0.5, 0.6) is 0 Å². The van der Waals surface area contributed by atoms with Gasteiger partial charge in [-0.2, -0.15) is 0 Å². The Kier molecular flexibility index (Phi) is 3.63. The lowest BCUT2D eigenvalue weighted by Gasteiger charge is -2.09. The van der Waals surface area contributed by atoms with Crippen molar-refractivity contribution in [3.63, 3.8) is 0 Å². The Labute approximate surface area is 112 Å². The molecule has 0 aromatic heterocycles. The predicted octanol–water partition coefficient (Wildman–Crippen LogP) is 4.54. The van der Waals surface area contributed by atoms with E-state index in [0.717, 1.165) is 5.56 Å². The number of hydrogen-bond acceptors (Lipinski definition) is 1. The van der Waals surface area contributed by atoms with Gasteiger partial charge in [-0.15, -0.1) is 0 Å². The molecular formula is C16H13ClO. The van der Waals surface area contributed by atoms with Crippen molar-refractivity contribution in [1.82, 2.24) is 0 Å². The van der Waals surface area contributed by atoms with Gasteiger partial charge in [-0.3, -0.25) is 4.79 Å². The normalized spacial score (nSPS) is 10.1. The Balaban J connectivity index is 2.39. The van der Waals surface area contributed by atoms with Crippen LogP contribution in [0, 0.1) is 6.92 Å². The van der Waals surface area contributed by atoms with Crippen LogP contribution < -0.4 is 0 Å². The molecule has 0 heterocycles. The first-order chi connectivity index (χ1) is 8.61. The third kappa shape index (κ3) is 2.36. The summed E-state index contributed by atoms with van der Waals surface area (Å²) in [5.41, 5.74) is 2.72. The molecule has 0 aliphatic carbocycles. The van der Waals surface area contributed by atoms with Crippen molar-refractivity contribution in [2.45, 2.75) is 6.92 Å². The maximum absolute atomic E-state index is 12.4. The van der Waals surface area contributed by atoms with Crippen molar-refractivity contribution in [3.05, 3.63) is 76.8 Å². The summed E-state index contributed by atoms with van der Waals surface area (Å²) in [5.74, 6) is -0.0822. The minimum absolute atomic E-state index is 0.0822. The first kappa shape index (κ1) is 12.6. The summed E-state index contributed by atoms with van der Waals surface area (Å²) in [6, 6.07) is 14.7. The van der Waals surface area contributed by atoms with Crippen molar-refractivity contribution >= 4 is 23.0 Å². The Morgan fingerprint density at radius 2 is 1.56 bits per heavy atom. The van der Waals surface area contributed by atoms with Crippen molar-refractivity contribution in [3.8, 4) is 0 Å². The molecule has 2 aromatic rings. The molecule has 0 unspecified atom stereocenters. The number of hydrogen-bond donors (Lipinski definition) is 0. The number of Topliss-reactive ketones (excluding diaryl/α,β-unsaturated/α-hetero) is 1. The lowest BCUT2D eigenvalue weighted by atomic mass is 9.95. The summed E-state index contributed by atoms with van der Waals surface area (Å²) < 4.78 is 0. The smallest absolute Gasteiger partial charge is 0.193 e. The first-order valence-electron chi connectivity index (χ1n) is 5.65. The van der Waals surface area contributed by atoms with E-state index in [0.29, 0.717) is 21.7 Å². The highest BCUT2D eigenvalue weighted by molar-refractivity contribution is 6.37. The number of rotatable bonds is 3. The molecule has 0 bridgehead atoms. The average molecular weight is 257 g/mol. The van der Waals surface area contributed by atoms with Gasteiger partial charge in [0, 0.05) is 21.7 Å². The molecule has 90 valence electrons. The Bertz CT molecular complexity index is 558. The van der Waals surface area contributed by atoms with Crippen LogP contribution in [0.1, 0.15) is 21.5 Å². The van der Waals surface area contributed by atoms with Crippen molar-refractivity contribution in [2.75, 3.05) is 0 Å². The van der Waals surface area contributed by atoms with Gasteiger partial charge in [-0.25, -0.2) is 0 Å². The summed E-state index contributed by atoms with van der Waals surface area (Å²) in [6.45, 7) is 5.78. The van der Waals surface area contributed by atoms with Gasteiger partial charge in [0.05, 0.1) is 0 Å². The maximum atomic E-state index is 12.4. The zero-order valence-corrected chi connectivity index (χ0v) is 10.9. The Hall–Kier alpha value is -1.86. The molecule has 0 aliphatic heterocycles. The van der Waals surface area contributed by atoms with Crippen molar-refractivity contribution in [1.29, 1.82) is 0 Å².